The van der Waals surface area contributed by atoms with Crippen molar-refractivity contribution in [2.24, 2.45) is 0 Å². The second kappa shape index (κ2) is 10.6. The minimum absolute atomic E-state index is 0.256. The molecule has 0 aromatic heterocycles. The van der Waals surface area contributed by atoms with E-state index in [1.807, 2.05) is 97.1 Å². The van der Waals surface area contributed by atoms with E-state index in [0.29, 0.717) is 13.2 Å². The van der Waals surface area contributed by atoms with E-state index < -0.39 is 6.09 Å². The fourth-order valence-electron chi connectivity index (χ4n) is 2.59. The van der Waals surface area contributed by atoms with Crippen molar-refractivity contribution in [3.8, 4) is 5.75 Å². The van der Waals surface area contributed by atoms with Crippen LogP contribution in [0.5, 0.6) is 5.75 Å². The summed E-state index contributed by atoms with van der Waals surface area (Å²) in [5, 5.41) is 2.71. The summed E-state index contributed by atoms with van der Waals surface area (Å²) in [6.07, 6.45) is 3.36. The van der Waals surface area contributed by atoms with E-state index >= 15 is 0 Å². The van der Waals surface area contributed by atoms with Gasteiger partial charge in [0.25, 0.3) is 0 Å². The van der Waals surface area contributed by atoms with E-state index in [2.05, 4.69) is 5.32 Å². The number of hydrogen-bond acceptors (Lipinski definition) is 3. The molecule has 0 saturated heterocycles. The first kappa shape index (κ1) is 19.2. The average Bonchev–Trinajstić information content (AvgIpc) is 2.76. The van der Waals surface area contributed by atoms with Crippen LogP contribution in [0.25, 0.3) is 6.08 Å². The van der Waals surface area contributed by atoms with Crippen LogP contribution in [0.1, 0.15) is 16.7 Å². The Bertz CT molecular complexity index is 892. The van der Waals surface area contributed by atoms with Gasteiger partial charge in [0, 0.05) is 12.1 Å². The summed E-state index contributed by atoms with van der Waals surface area (Å²) in [4.78, 5) is 11.8. The van der Waals surface area contributed by atoms with E-state index in [9.17, 15) is 4.79 Å². The smallest absolute Gasteiger partial charge is 0.407 e. The van der Waals surface area contributed by atoms with Crippen molar-refractivity contribution < 1.29 is 14.3 Å². The molecule has 0 unspecified atom stereocenters. The summed E-state index contributed by atoms with van der Waals surface area (Å²) >= 11 is 0. The number of benzene rings is 3. The van der Waals surface area contributed by atoms with Crippen molar-refractivity contribution >= 4 is 12.2 Å². The van der Waals surface area contributed by atoms with Crippen LogP contribution in [0.2, 0.25) is 0 Å². The number of amides is 1. The Morgan fingerprint density at radius 3 is 2.11 bits per heavy atom. The highest BCUT2D eigenvalue weighted by Crippen LogP contribution is 2.20. The Morgan fingerprint density at radius 2 is 1.39 bits per heavy atom. The Balaban J connectivity index is 1.45. The molecule has 0 spiro atoms. The first-order valence-electron chi connectivity index (χ1n) is 9.18. The lowest BCUT2D eigenvalue weighted by atomic mass is 10.2. The molecule has 0 atom stereocenters. The highest BCUT2D eigenvalue weighted by Gasteiger charge is 2.02. The molecule has 3 aromatic carbocycles. The molecule has 0 radical (unpaired) electrons. The van der Waals surface area contributed by atoms with Crippen molar-refractivity contribution in [3.63, 3.8) is 0 Å². The van der Waals surface area contributed by atoms with Crippen LogP contribution < -0.4 is 10.1 Å². The van der Waals surface area contributed by atoms with Crippen molar-refractivity contribution in [1.29, 1.82) is 0 Å². The average molecular weight is 373 g/mol. The van der Waals surface area contributed by atoms with E-state index in [4.69, 9.17) is 9.47 Å². The number of carbonyl (C=O) groups is 1. The Kier molecular flexibility index (Phi) is 7.27. The minimum Gasteiger partial charge on any atom is -0.488 e. The third kappa shape index (κ3) is 6.32. The van der Waals surface area contributed by atoms with E-state index in [0.717, 1.165) is 22.4 Å². The van der Waals surface area contributed by atoms with Crippen LogP contribution in [0, 0.1) is 0 Å². The molecule has 28 heavy (non-hydrogen) atoms. The highest BCUT2D eigenvalue weighted by atomic mass is 16.5. The molecule has 0 saturated carbocycles. The van der Waals surface area contributed by atoms with Gasteiger partial charge in [-0.25, -0.2) is 4.79 Å². The first-order valence-corrected chi connectivity index (χ1v) is 9.18. The van der Waals surface area contributed by atoms with Crippen molar-refractivity contribution in [2.75, 3.05) is 6.54 Å². The molecule has 0 heterocycles. The number of hydrogen-bond donors (Lipinski definition) is 1. The molecule has 142 valence electrons. The minimum atomic E-state index is -0.442. The van der Waals surface area contributed by atoms with Gasteiger partial charge in [0.05, 0.1) is 0 Å². The first-order chi connectivity index (χ1) is 13.8. The Labute approximate surface area is 165 Å². The summed E-state index contributed by atoms with van der Waals surface area (Å²) in [7, 11) is 0. The molecule has 0 aliphatic carbocycles. The van der Waals surface area contributed by atoms with Crippen molar-refractivity contribution in [3.05, 3.63) is 108 Å². The predicted octanol–water partition coefficient (Wildman–Crippen LogP) is 5.21. The lowest BCUT2D eigenvalue weighted by Gasteiger charge is -2.09. The standard InChI is InChI=1S/C24H23NO3/c26-24(28-19-21-12-5-2-6-13-21)25-17-9-15-22-14-7-8-16-23(22)27-18-20-10-3-1-4-11-20/h1-16H,17-19H2,(H,25,26). The van der Waals surface area contributed by atoms with Gasteiger partial charge in [-0.1, -0.05) is 91.0 Å². The largest absolute Gasteiger partial charge is 0.488 e. The zero-order valence-electron chi connectivity index (χ0n) is 15.6. The fourth-order valence-corrected chi connectivity index (χ4v) is 2.59. The Hall–Kier alpha value is -3.53. The van der Waals surface area contributed by atoms with Gasteiger partial charge in [0.1, 0.15) is 19.0 Å². The number of rotatable bonds is 8. The summed E-state index contributed by atoms with van der Waals surface area (Å²) < 4.78 is 11.1. The van der Waals surface area contributed by atoms with Gasteiger partial charge in [0.2, 0.25) is 0 Å². The molecule has 4 nitrogen and oxygen atoms in total. The fraction of sp³-hybridized carbons (Fsp3) is 0.125. The van der Waals surface area contributed by atoms with Crippen molar-refractivity contribution in [1.82, 2.24) is 5.32 Å². The van der Waals surface area contributed by atoms with Gasteiger partial charge < -0.3 is 14.8 Å². The van der Waals surface area contributed by atoms with Gasteiger partial charge in [-0.15, -0.1) is 0 Å². The Morgan fingerprint density at radius 1 is 0.786 bits per heavy atom. The summed E-state index contributed by atoms with van der Waals surface area (Å²) in [5.41, 5.74) is 3.03. The van der Waals surface area contributed by atoms with Crippen LogP contribution in [-0.4, -0.2) is 12.6 Å². The van der Waals surface area contributed by atoms with E-state index in [-0.39, 0.29) is 6.61 Å². The third-order valence-electron chi connectivity index (χ3n) is 4.03. The SMILES string of the molecule is O=C(NCC=Cc1ccccc1OCc1ccccc1)OCc1ccccc1. The van der Waals surface area contributed by atoms with E-state index in [1.54, 1.807) is 0 Å². The van der Waals surface area contributed by atoms with Crippen LogP contribution in [0.3, 0.4) is 0 Å². The quantitative estimate of drug-likeness (QED) is 0.590. The maximum Gasteiger partial charge on any atom is 0.407 e. The normalized spacial score (nSPS) is 10.6. The molecule has 0 aliphatic rings. The van der Waals surface area contributed by atoms with Crippen LogP contribution in [0.15, 0.2) is 91.0 Å². The topological polar surface area (TPSA) is 47.6 Å². The number of nitrogens with one attached hydrogen (secondary N) is 1. The van der Waals surface area contributed by atoms with Crippen LogP contribution >= 0.6 is 0 Å². The zero-order valence-corrected chi connectivity index (χ0v) is 15.6. The highest BCUT2D eigenvalue weighted by molar-refractivity contribution is 5.67. The molecule has 1 amide bonds. The molecular weight excluding hydrogens is 350 g/mol. The predicted molar refractivity (Wildman–Crippen MR) is 111 cm³/mol. The second-order valence-corrected chi connectivity index (χ2v) is 6.16. The van der Waals surface area contributed by atoms with Gasteiger partial charge >= 0.3 is 6.09 Å². The molecule has 0 bridgehead atoms. The summed E-state index contributed by atoms with van der Waals surface area (Å²) in [6.45, 7) is 1.14. The van der Waals surface area contributed by atoms with Gasteiger partial charge in [-0.3, -0.25) is 0 Å². The second-order valence-electron chi connectivity index (χ2n) is 6.16. The number of alkyl carbamates (subject to hydrolysis) is 1. The van der Waals surface area contributed by atoms with Gasteiger partial charge in [-0.05, 0) is 17.2 Å². The van der Waals surface area contributed by atoms with E-state index in [1.165, 1.54) is 0 Å². The maximum atomic E-state index is 11.8. The maximum absolute atomic E-state index is 11.8. The van der Waals surface area contributed by atoms with Crippen molar-refractivity contribution in [2.45, 2.75) is 13.2 Å². The number of carbonyl (C=O) groups excluding carboxylic acids is 1. The zero-order chi connectivity index (χ0) is 19.4. The lowest BCUT2D eigenvalue weighted by molar-refractivity contribution is 0.141. The number of ether oxygens (including phenoxy) is 2. The molecule has 0 aliphatic heterocycles. The number of para-hydroxylation sites is 1. The molecule has 1 N–H and O–H groups in total. The van der Waals surface area contributed by atoms with Crippen LogP contribution in [0.4, 0.5) is 4.79 Å². The molecule has 3 rings (SSSR count). The van der Waals surface area contributed by atoms with Gasteiger partial charge in [0.15, 0.2) is 0 Å². The lowest BCUT2D eigenvalue weighted by Crippen LogP contribution is -2.24. The molecule has 0 fully saturated rings. The third-order valence-corrected chi connectivity index (χ3v) is 4.03. The molecular formula is C24H23NO3. The van der Waals surface area contributed by atoms with Gasteiger partial charge in [-0.2, -0.15) is 0 Å². The molecule has 4 heteroatoms. The summed E-state index contributed by atoms with van der Waals surface area (Å²) in [5.74, 6) is 0.800. The monoisotopic (exact) mass is 373 g/mol. The molecule has 3 aromatic rings. The summed E-state index contributed by atoms with van der Waals surface area (Å²) in [6, 6.07) is 27.4. The van der Waals surface area contributed by atoms with Crippen LogP contribution in [-0.2, 0) is 18.0 Å².